The van der Waals surface area contributed by atoms with E-state index in [-0.39, 0.29) is 11.8 Å². The number of benzene rings is 1. The first-order valence-electron chi connectivity index (χ1n) is 8.02. The van der Waals surface area contributed by atoms with Crippen LogP contribution in [0.15, 0.2) is 42.6 Å². The van der Waals surface area contributed by atoms with E-state index in [1.165, 1.54) is 19.0 Å². The smallest absolute Gasteiger partial charge is 0.256 e. The second kappa shape index (κ2) is 7.12. The Morgan fingerprint density at radius 3 is 2.21 bits per heavy atom. The van der Waals surface area contributed by atoms with Crippen molar-refractivity contribution in [1.82, 2.24) is 10.3 Å². The fourth-order valence-electron chi connectivity index (χ4n) is 2.73. The van der Waals surface area contributed by atoms with Crippen LogP contribution < -0.4 is 15.5 Å². The number of aromatic nitrogens is 1. The number of amides is 2. The maximum Gasteiger partial charge on any atom is 0.256 e. The highest BCUT2D eigenvalue weighted by atomic mass is 16.2. The number of carbonyl (C=O) groups excluding carboxylic acids is 2. The number of hydrogen-bond donors (Lipinski definition) is 2. The molecule has 2 amide bonds. The minimum Gasteiger partial charge on any atom is -0.372 e. The number of carbonyl (C=O) groups is 2. The van der Waals surface area contributed by atoms with E-state index in [1.807, 2.05) is 24.3 Å². The van der Waals surface area contributed by atoms with E-state index in [0.717, 1.165) is 18.8 Å². The van der Waals surface area contributed by atoms with Crippen molar-refractivity contribution in [2.45, 2.75) is 12.8 Å². The van der Waals surface area contributed by atoms with Crippen LogP contribution in [0, 0.1) is 0 Å². The Kier molecular flexibility index (Phi) is 4.74. The summed E-state index contributed by atoms with van der Waals surface area (Å²) in [5.41, 5.74) is 2.18. The molecule has 1 fully saturated rings. The van der Waals surface area contributed by atoms with Crippen molar-refractivity contribution in [3.63, 3.8) is 0 Å². The van der Waals surface area contributed by atoms with Crippen LogP contribution in [-0.2, 0) is 0 Å². The summed E-state index contributed by atoms with van der Waals surface area (Å²) in [7, 11) is 1.56. The Labute approximate surface area is 140 Å². The summed E-state index contributed by atoms with van der Waals surface area (Å²) in [5.74, 6) is -0.0164. The third-order valence-corrected chi connectivity index (χ3v) is 4.10. The molecule has 124 valence electrons. The van der Waals surface area contributed by atoms with E-state index in [4.69, 9.17) is 0 Å². The summed E-state index contributed by atoms with van der Waals surface area (Å²) in [4.78, 5) is 30.2. The van der Waals surface area contributed by atoms with Crippen molar-refractivity contribution in [1.29, 1.82) is 0 Å². The third kappa shape index (κ3) is 3.53. The second-order valence-electron chi connectivity index (χ2n) is 5.71. The molecule has 2 N–H and O–H groups in total. The molecule has 0 atom stereocenters. The summed E-state index contributed by atoms with van der Waals surface area (Å²) in [6.07, 6.45) is 3.88. The molecule has 0 aliphatic carbocycles. The van der Waals surface area contributed by atoms with Crippen LogP contribution in [0.3, 0.4) is 0 Å². The Bertz CT molecular complexity index is 720. The average Bonchev–Trinajstić information content (AvgIpc) is 3.16. The van der Waals surface area contributed by atoms with E-state index in [9.17, 15) is 9.59 Å². The van der Waals surface area contributed by atoms with Crippen LogP contribution in [0.4, 0.5) is 11.5 Å². The Morgan fingerprint density at radius 1 is 0.958 bits per heavy atom. The van der Waals surface area contributed by atoms with Crippen molar-refractivity contribution < 1.29 is 9.59 Å². The van der Waals surface area contributed by atoms with Gasteiger partial charge in [-0.15, -0.1) is 0 Å². The lowest BCUT2D eigenvalue weighted by molar-refractivity contribution is 0.0962. The minimum absolute atomic E-state index is 0.210. The van der Waals surface area contributed by atoms with Crippen molar-refractivity contribution in [2.75, 3.05) is 30.4 Å². The van der Waals surface area contributed by atoms with E-state index < -0.39 is 0 Å². The molecule has 2 aromatic rings. The van der Waals surface area contributed by atoms with Gasteiger partial charge in [-0.1, -0.05) is 0 Å². The predicted octanol–water partition coefficient (Wildman–Crippen LogP) is 2.29. The number of hydrogen-bond acceptors (Lipinski definition) is 4. The Balaban J connectivity index is 1.65. The first-order chi connectivity index (χ1) is 11.7. The van der Waals surface area contributed by atoms with Gasteiger partial charge in [-0.3, -0.25) is 9.59 Å². The van der Waals surface area contributed by atoms with Crippen LogP contribution in [0.5, 0.6) is 0 Å². The summed E-state index contributed by atoms with van der Waals surface area (Å²) in [6, 6.07) is 10.8. The predicted molar refractivity (Wildman–Crippen MR) is 93.5 cm³/mol. The highest BCUT2D eigenvalue weighted by Gasteiger charge is 2.13. The molecule has 2 heterocycles. The molecule has 6 nitrogen and oxygen atoms in total. The van der Waals surface area contributed by atoms with E-state index >= 15 is 0 Å². The van der Waals surface area contributed by atoms with Crippen molar-refractivity contribution in [2.24, 2.45) is 0 Å². The van der Waals surface area contributed by atoms with Crippen LogP contribution in [-0.4, -0.2) is 36.9 Å². The van der Waals surface area contributed by atoms with Crippen LogP contribution >= 0.6 is 0 Å². The van der Waals surface area contributed by atoms with Crippen LogP contribution in [0.25, 0.3) is 0 Å². The maximum atomic E-state index is 12.3. The number of nitrogens with one attached hydrogen (secondary N) is 2. The zero-order valence-corrected chi connectivity index (χ0v) is 13.6. The second-order valence-corrected chi connectivity index (χ2v) is 5.71. The molecule has 1 aliphatic rings. The third-order valence-electron chi connectivity index (χ3n) is 4.10. The number of nitrogens with zero attached hydrogens (tertiary/aromatic N) is 2. The molecular formula is C18H20N4O2. The van der Waals surface area contributed by atoms with Gasteiger partial charge in [-0.05, 0) is 49.2 Å². The van der Waals surface area contributed by atoms with Gasteiger partial charge >= 0.3 is 0 Å². The lowest BCUT2D eigenvalue weighted by Gasteiger charge is -2.17. The first-order valence-corrected chi connectivity index (χ1v) is 8.02. The van der Waals surface area contributed by atoms with Gasteiger partial charge in [-0.2, -0.15) is 0 Å². The molecular weight excluding hydrogens is 304 g/mol. The quantitative estimate of drug-likeness (QED) is 0.905. The van der Waals surface area contributed by atoms with Gasteiger partial charge in [0, 0.05) is 37.6 Å². The zero-order chi connectivity index (χ0) is 16.9. The van der Waals surface area contributed by atoms with Gasteiger partial charge in [0.05, 0.1) is 5.56 Å². The fourth-order valence-corrected chi connectivity index (χ4v) is 2.73. The van der Waals surface area contributed by atoms with Crippen molar-refractivity contribution in [3.8, 4) is 0 Å². The molecule has 1 aliphatic heterocycles. The van der Waals surface area contributed by atoms with Gasteiger partial charge in [-0.25, -0.2) is 4.98 Å². The van der Waals surface area contributed by atoms with Gasteiger partial charge in [0.15, 0.2) is 0 Å². The van der Waals surface area contributed by atoms with Crippen LogP contribution in [0.1, 0.15) is 33.6 Å². The van der Waals surface area contributed by atoms with E-state index in [0.29, 0.717) is 16.9 Å². The van der Waals surface area contributed by atoms with Crippen LogP contribution in [0.2, 0.25) is 0 Å². The SMILES string of the molecule is CNC(=O)c1ccc(NC(=O)c2ccc(N3CCCC3)cc2)nc1. The summed E-state index contributed by atoms with van der Waals surface area (Å²) in [6.45, 7) is 2.15. The number of rotatable bonds is 4. The van der Waals surface area contributed by atoms with Gasteiger partial charge in [0.2, 0.25) is 0 Å². The fraction of sp³-hybridized carbons (Fsp3) is 0.278. The molecule has 3 rings (SSSR count). The molecule has 0 spiro atoms. The molecule has 0 saturated carbocycles. The normalized spacial score (nSPS) is 13.6. The Morgan fingerprint density at radius 2 is 1.62 bits per heavy atom. The van der Waals surface area contributed by atoms with Crippen molar-refractivity contribution in [3.05, 3.63) is 53.7 Å². The highest BCUT2D eigenvalue weighted by molar-refractivity contribution is 6.04. The number of pyridine rings is 1. The average molecular weight is 324 g/mol. The summed E-state index contributed by atoms with van der Waals surface area (Å²) >= 11 is 0. The maximum absolute atomic E-state index is 12.3. The van der Waals surface area contributed by atoms with Gasteiger partial charge < -0.3 is 15.5 Å². The van der Waals surface area contributed by atoms with Gasteiger partial charge in [0.1, 0.15) is 5.82 Å². The summed E-state index contributed by atoms with van der Waals surface area (Å²) in [5, 5.41) is 5.26. The monoisotopic (exact) mass is 324 g/mol. The molecule has 1 aromatic heterocycles. The zero-order valence-electron chi connectivity index (χ0n) is 13.6. The number of anilines is 2. The standard InChI is InChI=1S/C18H20N4O2/c1-19-17(23)14-6-9-16(20-12-14)21-18(24)13-4-7-15(8-5-13)22-10-2-3-11-22/h4-9,12H,2-3,10-11H2,1H3,(H,19,23)(H,20,21,24). The molecule has 0 radical (unpaired) electrons. The van der Waals surface area contributed by atoms with Gasteiger partial charge in [0.25, 0.3) is 11.8 Å². The first kappa shape index (κ1) is 16.0. The molecule has 6 heteroatoms. The topological polar surface area (TPSA) is 74.3 Å². The largest absolute Gasteiger partial charge is 0.372 e. The lowest BCUT2D eigenvalue weighted by atomic mass is 10.2. The molecule has 24 heavy (non-hydrogen) atoms. The Hall–Kier alpha value is -2.89. The molecule has 0 bridgehead atoms. The molecule has 1 saturated heterocycles. The minimum atomic E-state index is -0.219. The van der Waals surface area contributed by atoms with E-state index in [1.54, 1.807) is 19.2 Å². The van der Waals surface area contributed by atoms with Crippen molar-refractivity contribution >= 4 is 23.3 Å². The lowest BCUT2D eigenvalue weighted by Crippen LogP contribution is -2.19. The molecule has 0 unspecified atom stereocenters. The molecule has 1 aromatic carbocycles. The summed E-state index contributed by atoms with van der Waals surface area (Å²) < 4.78 is 0. The van der Waals surface area contributed by atoms with E-state index in [2.05, 4.69) is 20.5 Å². The highest BCUT2D eigenvalue weighted by Crippen LogP contribution is 2.20.